The first-order valence-corrected chi connectivity index (χ1v) is 12.6. The Balaban J connectivity index is 1.40. The van der Waals surface area contributed by atoms with Gasteiger partial charge in [0.1, 0.15) is 5.75 Å². The van der Waals surface area contributed by atoms with Gasteiger partial charge in [-0.1, -0.05) is 54.6 Å². The highest BCUT2D eigenvalue weighted by Gasteiger charge is 2.40. The van der Waals surface area contributed by atoms with Crippen molar-refractivity contribution in [3.8, 4) is 28.7 Å². The van der Waals surface area contributed by atoms with Crippen LogP contribution in [0, 0.1) is 0 Å². The standard InChI is InChI=1S/C32H23NO5/c1-2-7-23(8-3-1)33-31(21-11-13-25-28(16-21)36-18-34-25)30-24-9-5-4-6-20(24)10-15-27(30)38-32(33)22-12-14-26-29(17-22)37-19-35-26/h1-17,31-32H,18-19H2. The molecular weight excluding hydrogens is 478 g/mol. The summed E-state index contributed by atoms with van der Waals surface area (Å²) in [7, 11) is 0. The zero-order valence-corrected chi connectivity index (χ0v) is 20.4. The van der Waals surface area contributed by atoms with Crippen LogP contribution in [0.3, 0.4) is 0 Å². The molecule has 0 bridgehead atoms. The number of fused-ring (bicyclic) bond motifs is 5. The van der Waals surface area contributed by atoms with Crippen LogP contribution < -0.4 is 28.6 Å². The van der Waals surface area contributed by atoms with Gasteiger partial charge in [0.25, 0.3) is 0 Å². The van der Waals surface area contributed by atoms with Gasteiger partial charge in [0.05, 0.1) is 6.04 Å². The first-order valence-electron chi connectivity index (χ1n) is 12.6. The van der Waals surface area contributed by atoms with Crippen LogP contribution in [0.4, 0.5) is 5.69 Å². The van der Waals surface area contributed by atoms with E-state index < -0.39 is 6.23 Å². The molecule has 3 aliphatic rings. The molecule has 186 valence electrons. The van der Waals surface area contributed by atoms with Crippen LogP contribution in [0.2, 0.25) is 0 Å². The molecule has 5 aromatic rings. The van der Waals surface area contributed by atoms with Gasteiger partial charge in [0, 0.05) is 16.8 Å². The van der Waals surface area contributed by atoms with Gasteiger partial charge in [-0.05, 0) is 64.9 Å². The largest absolute Gasteiger partial charge is 0.466 e. The van der Waals surface area contributed by atoms with E-state index >= 15 is 0 Å². The molecular formula is C32H23NO5. The van der Waals surface area contributed by atoms with Crippen molar-refractivity contribution in [3.05, 3.63) is 120 Å². The summed E-state index contributed by atoms with van der Waals surface area (Å²) in [6.45, 7) is 0.454. The van der Waals surface area contributed by atoms with Crippen LogP contribution in [0.1, 0.15) is 29.0 Å². The van der Waals surface area contributed by atoms with Crippen molar-refractivity contribution >= 4 is 16.5 Å². The normalized spacial score (nSPS) is 18.8. The summed E-state index contributed by atoms with van der Waals surface area (Å²) in [5.41, 5.74) is 4.21. The molecule has 0 radical (unpaired) electrons. The second-order valence-corrected chi connectivity index (χ2v) is 9.54. The molecule has 0 saturated heterocycles. The lowest BCUT2D eigenvalue weighted by atomic mass is 9.88. The number of hydrogen-bond acceptors (Lipinski definition) is 6. The van der Waals surface area contributed by atoms with Crippen LogP contribution in [-0.4, -0.2) is 13.6 Å². The minimum atomic E-state index is -0.420. The maximum Gasteiger partial charge on any atom is 0.231 e. The Bertz CT molecular complexity index is 1690. The van der Waals surface area contributed by atoms with E-state index in [1.807, 2.05) is 24.3 Å². The summed E-state index contributed by atoms with van der Waals surface area (Å²) in [5.74, 6) is 3.83. The molecule has 3 aliphatic heterocycles. The summed E-state index contributed by atoms with van der Waals surface area (Å²) in [5, 5.41) is 2.31. The molecule has 2 atom stereocenters. The zero-order chi connectivity index (χ0) is 25.1. The lowest BCUT2D eigenvalue weighted by molar-refractivity contribution is 0.168. The maximum absolute atomic E-state index is 6.87. The van der Waals surface area contributed by atoms with Gasteiger partial charge in [-0.3, -0.25) is 0 Å². The lowest BCUT2D eigenvalue weighted by Gasteiger charge is -2.45. The van der Waals surface area contributed by atoms with E-state index in [0.717, 1.165) is 61.9 Å². The van der Waals surface area contributed by atoms with Gasteiger partial charge < -0.3 is 28.6 Å². The Labute approximate surface area is 219 Å². The third-order valence-corrected chi connectivity index (χ3v) is 7.42. The van der Waals surface area contributed by atoms with E-state index in [2.05, 4.69) is 83.8 Å². The van der Waals surface area contributed by atoms with E-state index in [0.29, 0.717) is 0 Å². The minimum absolute atomic E-state index is 0.169. The Kier molecular flexibility index (Phi) is 4.67. The van der Waals surface area contributed by atoms with Crippen molar-refractivity contribution in [2.75, 3.05) is 18.5 Å². The van der Waals surface area contributed by atoms with E-state index in [1.54, 1.807) is 0 Å². The predicted molar refractivity (Wildman–Crippen MR) is 143 cm³/mol. The van der Waals surface area contributed by atoms with Gasteiger partial charge in [0.15, 0.2) is 29.2 Å². The Hall–Kier alpha value is -4.84. The van der Waals surface area contributed by atoms with Crippen LogP contribution in [0.5, 0.6) is 28.7 Å². The summed E-state index contributed by atoms with van der Waals surface area (Å²) < 4.78 is 29.6. The molecule has 5 aromatic carbocycles. The lowest BCUT2D eigenvalue weighted by Crippen LogP contribution is -2.40. The summed E-state index contributed by atoms with van der Waals surface area (Å²) in [6, 6.07) is 35.1. The summed E-state index contributed by atoms with van der Waals surface area (Å²) >= 11 is 0. The van der Waals surface area contributed by atoms with E-state index in [4.69, 9.17) is 23.7 Å². The van der Waals surface area contributed by atoms with Crippen LogP contribution in [-0.2, 0) is 0 Å². The van der Waals surface area contributed by atoms with Crippen LogP contribution in [0.25, 0.3) is 10.8 Å². The van der Waals surface area contributed by atoms with Gasteiger partial charge in [-0.2, -0.15) is 0 Å². The van der Waals surface area contributed by atoms with E-state index in [-0.39, 0.29) is 19.6 Å². The monoisotopic (exact) mass is 501 g/mol. The average Bonchev–Trinajstić information content (AvgIpc) is 3.65. The maximum atomic E-state index is 6.87. The number of benzene rings is 5. The smallest absolute Gasteiger partial charge is 0.231 e. The molecule has 0 fully saturated rings. The van der Waals surface area contributed by atoms with Crippen molar-refractivity contribution in [1.82, 2.24) is 0 Å². The molecule has 3 heterocycles. The fraction of sp³-hybridized carbons (Fsp3) is 0.125. The number of nitrogens with zero attached hydrogens (tertiary/aromatic N) is 1. The Morgan fingerprint density at radius 3 is 1.97 bits per heavy atom. The fourth-order valence-corrected chi connectivity index (χ4v) is 5.70. The molecule has 8 rings (SSSR count). The molecule has 38 heavy (non-hydrogen) atoms. The number of para-hydroxylation sites is 1. The highest BCUT2D eigenvalue weighted by atomic mass is 16.7. The van der Waals surface area contributed by atoms with E-state index in [1.165, 1.54) is 0 Å². The van der Waals surface area contributed by atoms with E-state index in [9.17, 15) is 0 Å². The summed E-state index contributed by atoms with van der Waals surface area (Å²) in [6.07, 6.45) is -0.420. The highest BCUT2D eigenvalue weighted by molar-refractivity contribution is 5.90. The third kappa shape index (κ3) is 3.27. The first kappa shape index (κ1) is 21.3. The zero-order valence-electron chi connectivity index (χ0n) is 20.4. The van der Waals surface area contributed by atoms with Crippen molar-refractivity contribution in [2.45, 2.75) is 12.3 Å². The number of hydrogen-bond donors (Lipinski definition) is 0. The first-order chi connectivity index (χ1) is 18.8. The highest BCUT2D eigenvalue weighted by Crippen LogP contribution is 2.52. The predicted octanol–water partition coefficient (Wildman–Crippen LogP) is 6.98. The SMILES string of the molecule is c1ccc(N2C(c3ccc4c(c3)OCO4)Oc3ccc4ccccc4c3C2c2ccc3c(c2)OCO3)cc1. The quantitative estimate of drug-likeness (QED) is 0.266. The fourth-order valence-electron chi connectivity index (χ4n) is 5.70. The van der Waals surface area contributed by atoms with Gasteiger partial charge >= 0.3 is 0 Å². The van der Waals surface area contributed by atoms with Crippen molar-refractivity contribution in [3.63, 3.8) is 0 Å². The number of ether oxygens (including phenoxy) is 5. The molecule has 0 spiro atoms. The molecule has 0 aliphatic carbocycles. The Morgan fingerprint density at radius 2 is 1.18 bits per heavy atom. The van der Waals surface area contributed by atoms with Crippen molar-refractivity contribution < 1.29 is 23.7 Å². The van der Waals surface area contributed by atoms with Gasteiger partial charge in [-0.15, -0.1) is 0 Å². The van der Waals surface area contributed by atoms with Crippen LogP contribution in [0.15, 0.2) is 103 Å². The number of rotatable bonds is 3. The molecule has 6 heteroatoms. The van der Waals surface area contributed by atoms with Gasteiger partial charge in [-0.25, -0.2) is 0 Å². The molecule has 0 aromatic heterocycles. The van der Waals surface area contributed by atoms with Crippen LogP contribution >= 0.6 is 0 Å². The van der Waals surface area contributed by atoms with Gasteiger partial charge in [0.2, 0.25) is 13.6 Å². The molecule has 0 saturated carbocycles. The molecule has 0 N–H and O–H groups in total. The average molecular weight is 502 g/mol. The molecule has 2 unspecified atom stereocenters. The Morgan fingerprint density at radius 1 is 0.553 bits per heavy atom. The number of anilines is 1. The summed E-state index contributed by atoms with van der Waals surface area (Å²) in [4.78, 5) is 2.34. The second kappa shape index (κ2) is 8.35. The molecule has 6 nitrogen and oxygen atoms in total. The topological polar surface area (TPSA) is 49.4 Å². The second-order valence-electron chi connectivity index (χ2n) is 9.54. The third-order valence-electron chi connectivity index (χ3n) is 7.42. The van der Waals surface area contributed by atoms with Crippen molar-refractivity contribution in [2.24, 2.45) is 0 Å². The van der Waals surface area contributed by atoms with Crippen molar-refractivity contribution in [1.29, 1.82) is 0 Å². The molecule has 0 amide bonds. The minimum Gasteiger partial charge on any atom is -0.466 e.